The molecule has 0 atom stereocenters. The molecular formula is C16H18N2O3. The van der Waals surface area contributed by atoms with Gasteiger partial charge in [-0.1, -0.05) is 6.07 Å². The molecule has 0 aliphatic carbocycles. The van der Waals surface area contributed by atoms with Gasteiger partial charge in [-0.05, 0) is 38.1 Å². The Morgan fingerprint density at radius 3 is 2.86 bits per heavy atom. The lowest BCUT2D eigenvalue weighted by molar-refractivity contribution is 0.0639. The lowest BCUT2D eigenvalue weighted by Gasteiger charge is -2.43. The Kier molecular flexibility index (Phi) is 3.29. The third-order valence-corrected chi connectivity index (χ3v) is 3.87. The largest absolute Gasteiger partial charge is 0.478 e. The third kappa shape index (κ3) is 2.45. The van der Waals surface area contributed by atoms with Crippen LogP contribution in [0.2, 0.25) is 0 Å². The zero-order valence-electron chi connectivity index (χ0n) is 12.2. The second-order valence-corrected chi connectivity index (χ2v) is 5.86. The van der Waals surface area contributed by atoms with Crippen molar-refractivity contribution in [1.82, 2.24) is 4.98 Å². The highest BCUT2D eigenvalue weighted by Gasteiger charge is 2.31. The van der Waals surface area contributed by atoms with E-state index in [2.05, 4.69) is 23.7 Å². The number of carbonyl (C=O) groups is 1. The number of morpholine rings is 1. The molecule has 0 radical (unpaired) electrons. The van der Waals surface area contributed by atoms with E-state index in [1.165, 1.54) is 0 Å². The van der Waals surface area contributed by atoms with Crippen LogP contribution >= 0.6 is 0 Å². The van der Waals surface area contributed by atoms with Crippen LogP contribution < -0.4 is 4.90 Å². The summed E-state index contributed by atoms with van der Waals surface area (Å²) in [5.74, 6) is -0.0693. The van der Waals surface area contributed by atoms with Crippen molar-refractivity contribution in [3.05, 3.63) is 35.9 Å². The molecule has 1 aromatic heterocycles. The Hall–Kier alpha value is -2.14. The van der Waals surface area contributed by atoms with Crippen molar-refractivity contribution in [3.8, 4) is 0 Å². The SMILES string of the molecule is CC1(C)COCCN1c1ccc2c(C(=O)O)cccc2n1. The second kappa shape index (κ2) is 5.00. The summed E-state index contributed by atoms with van der Waals surface area (Å²) in [6, 6.07) is 8.91. The molecular weight excluding hydrogens is 268 g/mol. The minimum atomic E-state index is -0.929. The predicted octanol–water partition coefficient (Wildman–Crippen LogP) is 2.55. The number of hydrogen-bond donors (Lipinski definition) is 1. The van der Waals surface area contributed by atoms with Crippen molar-refractivity contribution in [3.63, 3.8) is 0 Å². The van der Waals surface area contributed by atoms with Gasteiger partial charge in [0, 0.05) is 11.9 Å². The quantitative estimate of drug-likeness (QED) is 0.919. The molecule has 3 rings (SSSR count). The summed E-state index contributed by atoms with van der Waals surface area (Å²) < 4.78 is 5.53. The average Bonchev–Trinajstić information content (AvgIpc) is 2.45. The Bertz CT molecular complexity index is 697. The fourth-order valence-electron chi connectivity index (χ4n) is 2.76. The molecule has 5 heteroatoms. The summed E-state index contributed by atoms with van der Waals surface area (Å²) >= 11 is 0. The van der Waals surface area contributed by atoms with Gasteiger partial charge in [0.1, 0.15) is 5.82 Å². The zero-order valence-corrected chi connectivity index (χ0v) is 12.2. The van der Waals surface area contributed by atoms with E-state index in [0.29, 0.717) is 24.1 Å². The summed E-state index contributed by atoms with van der Waals surface area (Å²) in [6.45, 7) is 6.35. The molecule has 0 saturated carbocycles. The van der Waals surface area contributed by atoms with Crippen molar-refractivity contribution < 1.29 is 14.6 Å². The molecule has 0 unspecified atom stereocenters. The van der Waals surface area contributed by atoms with E-state index in [4.69, 9.17) is 4.74 Å². The van der Waals surface area contributed by atoms with Crippen molar-refractivity contribution >= 4 is 22.7 Å². The van der Waals surface area contributed by atoms with Crippen LogP contribution in [0.3, 0.4) is 0 Å². The first-order valence-electron chi connectivity index (χ1n) is 6.97. The monoisotopic (exact) mass is 286 g/mol. The smallest absolute Gasteiger partial charge is 0.336 e. The van der Waals surface area contributed by atoms with E-state index in [1.807, 2.05) is 18.2 Å². The van der Waals surface area contributed by atoms with Crippen molar-refractivity contribution in [2.75, 3.05) is 24.7 Å². The van der Waals surface area contributed by atoms with Crippen LogP contribution in [0.4, 0.5) is 5.82 Å². The third-order valence-electron chi connectivity index (χ3n) is 3.87. The van der Waals surface area contributed by atoms with E-state index >= 15 is 0 Å². The van der Waals surface area contributed by atoms with Crippen LogP contribution in [-0.2, 0) is 4.74 Å². The maximum Gasteiger partial charge on any atom is 0.336 e. The number of carboxylic acids is 1. The molecule has 1 saturated heterocycles. The van der Waals surface area contributed by atoms with E-state index in [1.54, 1.807) is 12.1 Å². The summed E-state index contributed by atoms with van der Waals surface area (Å²) in [5.41, 5.74) is 0.867. The van der Waals surface area contributed by atoms with Gasteiger partial charge >= 0.3 is 5.97 Å². The molecule has 1 N–H and O–H groups in total. The predicted molar refractivity (Wildman–Crippen MR) is 80.9 cm³/mol. The van der Waals surface area contributed by atoms with Crippen LogP contribution in [-0.4, -0.2) is 41.4 Å². The van der Waals surface area contributed by atoms with Crippen molar-refractivity contribution in [1.29, 1.82) is 0 Å². The highest BCUT2D eigenvalue weighted by atomic mass is 16.5. The number of rotatable bonds is 2. The van der Waals surface area contributed by atoms with Gasteiger partial charge in [-0.2, -0.15) is 0 Å². The minimum Gasteiger partial charge on any atom is -0.478 e. The zero-order chi connectivity index (χ0) is 15.0. The summed E-state index contributed by atoms with van der Waals surface area (Å²) in [5, 5.41) is 9.90. The van der Waals surface area contributed by atoms with Gasteiger partial charge in [-0.3, -0.25) is 0 Å². The lowest BCUT2D eigenvalue weighted by Crippen LogP contribution is -2.53. The van der Waals surface area contributed by atoms with Crippen LogP contribution in [0.25, 0.3) is 10.9 Å². The molecule has 2 heterocycles. The van der Waals surface area contributed by atoms with Gasteiger partial charge < -0.3 is 14.7 Å². The molecule has 1 aliphatic rings. The molecule has 110 valence electrons. The van der Waals surface area contributed by atoms with E-state index in [9.17, 15) is 9.90 Å². The number of anilines is 1. The maximum absolute atomic E-state index is 11.2. The molecule has 0 spiro atoms. The standard InChI is InChI=1S/C16H18N2O3/c1-16(2)10-21-9-8-18(16)14-7-6-11-12(15(19)20)4-3-5-13(11)17-14/h3-7H,8-10H2,1-2H3,(H,19,20). The van der Waals surface area contributed by atoms with Crippen molar-refractivity contribution in [2.24, 2.45) is 0 Å². The molecule has 0 amide bonds. The second-order valence-electron chi connectivity index (χ2n) is 5.86. The first-order valence-corrected chi connectivity index (χ1v) is 6.97. The Balaban J connectivity index is 2.07. The number of benzene rings is 1. The molecule has 5 nitrogen and oxygen atoms in total. The van der Waals surface area contributed by atoms with Gasteiger partial charge in [0.05, 0.1) is 29.8 Å². The molecule has 2 aromatic rings. The van der Waals surface area contributed by atoms with Crippen LogP contribution in [0.15, 0.2) is 30.3 Å². The normalized spacial score (nSPS) is 17.9. The Morgan fingerprint density at radius 1 is 1.33 bits per heavy atom. The van der Waals surface area contributed by atoms with Crippen molar-refractivity contribution in [2.45, 2.75) is 19.4 Å². The fourth-order valence-corrected chi connectivity index (χ4v) is 2.76. The molecule has 1 aromatic carbocycles. The summed E-state index contributed by atoms with van der Waals surface area (Å²) in [7, 11) is 0. The molecule has 1 fully saturated rings. The van der Waals surface area contributed by atoms with E-state index < -0.39 is 5.97 Å². The van der Waals surface area contributed by atoms with E-state index in [-0.39, 0.29) is 11.1 Å². The number of pyridine rings is 1. The number of fused-ring (bicyclic) bond motifs is 1. The highest BCUT2D eigenvalue weighted by molar-refractivity contribution is 6.02. The number of nitrogens with zero attached hydrogens (tertiary/aromatic N) is 2. The number of hydrogen-bond acceptors (Lipinski definition) is 4. The van der Waals surface area contributed by atoms with Gasteiger partial charge in [-0.25, -0.2) is 9.78 Å². The average molecular weight is 286 g/mol. The topological polar surface area (TPSA) is 62.7 Å². The summed E-state index contributed by atoms with van der Waals surface area (Å²) in [4.78, 5) is 18.1. The fraction of sp³-hybridized carbons (Fsp3) is 0.375. The first-order chi connectivity index (χ1) is 9.99. The van der Waals surface area contributed by atoms with Gasteiger partial charge in [0.15, 0.2) is 0 Å². The Labute approximate surface area is 123 Å². The van der Waals surface area contributed by atoms with Crippen LogP contribution in [0.5, 0.6) is 0 Å². The first kappa shape index (κ1) is 13.8. The lowest BCUT2D eigenvalue weighted by atomic mass is 10.0. The highest BCUT2D eigenvalue weighted by Crippen LogP contribution is 2.28. The molecule has 0 bridgehead atoms. The van der Waals surface area contributed by atoms with Crippen LogP contribution in [0, 0.1) is 0 Å². The number of aromatic carboxylic acids is 1. The number of aromatic nitrogens is 1. The minimum absolute atomic E-state index is 0.122. The maximum atomic E-state index is 11.2. The van der Waals surface area contributed by atoms with Crippen LogP contribution in [0.1, 0.15) is 24.2 Å². The summed E-state index contributed by atoms with van der Waals surface area (Å²) in [6.07, 6.45) is 0. The molecule has 21 heavy (non-hydrogen) atoms. The van der Waals surface area contributed by atoms with Gasteiger partial charge in [0.25, 0.3) is 0 Å². The van der Waals surface area contributed by atoms with Gasteiger partial charge in [0.2, 0.25) is 0 Å². The van der Waals surface area contributed by atoms with E-state index in [0.717, 1.165) is 12.4 Å². The number of ether oxygens (including phenoxy) is 1. The molecule has 1 aliphatic heterocycles. The number of carboxylic acid groups (broad SMARTS) is 1. The van der Waals surface area contributed by atoms with Gasteiger partial charge in [-0.15, -0.1) is 0 Å². The Morgan fingerprint density at radius 2 is 2.14 bits per heavy atom.